The number of hydrogen-bond acceptors (Lipinski definition) is 1. The van der Waals surface area contributed by atoms with Crippen molar-refractivity contribution in [1.82, 2.24) is 5.32 Å². The quantitative estimate of drug-likeness (QED) is 0.722. The maximum atomic E-state index is 3.82. The van der Waals surface area contributed by atoms with Crippen LogP contribution < -0.4 is 5.32 Å². The summed E-state index contributed by atoms with van der Waals surface area (Å²) in [6.07, 6.45) is 2.96. The number of aryl methyl sites for hydroxylation is 2. The summed E-state index contributed by atoms with van der Waals surface area (Å²) >= 11 is 0. The third-order valence-corrected chi connectivity index (χ3v) is 2.65. The molecule has 1 aromatic carbocycles. The van der Waals surface area contributed by atoms with Gasteiger partial charge >= 0.3 is 0 Å². The van der Waals surface area contributed by atoms with Crippen LogP contribution in [0.5, 0.6) is 0 Å². The van der Waals surface area contributed by atoms with E-state index in [0.717, 1.165) is 13.0 Å². The van der Waals surface area contributed by atoms with Crippen LogP contribution in [0, 0.1) is 13.8 Å². The van der Waals surface area contributed by atoms with Gasteiger partial charge in [0.05, 0.1) is 0 Å². The molecule has 1 N–H and O–H groups in total. The zero-order valence-electron chi connectivity index (χ0n) is 10.0. The lowest BCUT2D eigenvalue weighted by molar-refractivity contribution is 0.556. The van der Waals surface area contributed by atoms with E-state index >= 15 is 0 Å². The minimum atomic E-state index is 0.410. The van der Waals surface area contributed by atoms with Crippen LogP contribution in [0.15, 0.2) is 30.9 Å². The van der Waals surface area contributed by atoms with Gasteiger partial charge in [0, 0.05) is 6.04 Å². The molecule has 0 amide bonds. The summed E-state index contributed by atoms with van der Waals surface area (Å²) in [5.74, 6) is 0. The molecule has 1 aromatic rings. The molecule has 1 nitrogen and oxygen atoms in total. The summed E-state index contributed by atoms with van der Waals surface area (Å²) in [6, 6.07) is 7.05. The molecule has 0 fully saturated rings. The van der Waals surface area contributed by atoms with Crippen LogP contribution >= 0.6 is 0 Å². The van der Waals surface area contributed by atoms with Crippen molar-refractivity contribution < 1.29 is 0 Å². The molecule has 0 heterocycles. The van der Waals surface area contributed by atoms with Gasteiger partial charge in [-0.05, 0) is 37.9 Å². The van der Waals surface area contributed by atoms with Gasteiger partial charge < -0.3 is 5.32 Å². The normalized spacial score (nSPS) is 12.5. The van der Waals surface area contributed by atoms with Crippen molar-refractivity contribution in [3.8, 4) is 0 Å². The molecule has 0 aliphatic carbocycles. The molecular formula is C14H21N. The first-order valence-corrected chi connectivity index (χ1v) is 5.60. The second-order valence-corrected chi connectivity index (χ2v) is 3.99. The van der Waals surface area contributed by atoms with Crippen molar-refractivity contribution in [1.29, 1.82) is 0 Å². The summed E-state index contributed by atoms with van der Waals surface area (Å²) in [4.78, 5) is 0. The summed E-state index contributed by atoms with van der Waals surface area (Å²) in [5, 5.41) is 3.49. The molecule has 0 aliphatic heterocycles. The highest BCUT2D eigenvalue weighted by Gasteiger charge is 2.10. The molecule has 0 spiro atoms. The van der Waals surface area contributed by atoms with Gasteiger partial charge in [-0.2, -0.15) is 0 Å². The van der Waals surface area contributed by atoms with Crippen molar-refractivity contribution in [2.75, 3.05) is 6.54 Å². The fourth-order valence-electron chi connectivity index (χ4n) is 1.95. The number of rotatable bonds is 5. The van der Waals surface area contributed by atoms with E-state index in [1.165, 1.54) is 16.7 Å². The van der Waals surface area contributed by atoms with Crippen LogP contribution in [-0.4, -0.2) is 6.54 Å². The zero-order valence-corrected chi connectivity index (χ0v) is 10.0. The van der Waals surface area contributed by atoms with Crippen LogP contribution in [0.4, 0.5) is 0 Å². The van der Waals surface area contributed by atoms with Crippen molar-refractivity contribution in [3.05, 3.63) is 47.5 Å². The minimum absolute atomic E-state index is 0.410. The van der Waals surface area contributed by atoms with Gasteiger partial charge in [-0.3, -0.25) is 0 Å². The van der Waals surface area contributed by atoms with Crippen molar-refractivity contribution in [3.63, 3.8) is 0 Å². The Bertz CT molecular complexity index is 328. The van der Waals surface area contributed by atoms with E-state index in [4.69, 9.17) is 0 Å². The molecule has 1 unspecified atom stereocenters. The molecule has 0 aromatic heterocycles. The van der Waals surface area contributed by atoms with E-state index in [-0.39, 0.29) is 0 Å². The largest absolute Gasteiger partial charge is 0.310 e. The predicted molar refractivity (Wildman–Crippen MR) is 67.1 cm³/mol. The van der Waals surface area contributed by atoms with Crippen LogP contribution in [0.25, 0.3) is 0 Å². The highest BCUT2D eigenvalue weighted by Crippen LogP contribution is 2.21. The third-order valence-electron chi connectivity index (χ3n) is 2.65. The highest BCUT2D eigenvalue weighted by atomic mass is 14.9. The lowest BCUT2D eigenvalue weighted by Crippen LogP contribution is -2.21. The van der Waals surface area contributed by atoms with Gasteiger partial charge in [0.1, 0.15) is 0 Å². The Hall–Kier alpha value is -1.08. The van der Waals surface area contributed by atoms with Crippen LogP contribution in [0.3, 0.4) is 0 Å². The Kier molecular flexibility index (Phi) is 4.57. The Balaban J connectivity index is 2.94. The smallest absolute Gasteiger partial charge is 0.0357 e. The average molecular weight is 203 g/mol. The third kappa shape index (κ3) is 3.21. The van der Waals surface area contributed by atoms with Crippen molar-refractivity contribution in [2.45, 2.75) is 33.2 Å². The van der Waals surface area contributed by atoms with Gasteiger partial charge in [0.25, 0.3) is 0 Å². The summed E-state index contributed by atoms with van der Waals surface area (Å²) in [7, 11) is 0. The fraction of sp³-hybridized carbons (Fsp3) is 0.429. The van der Waals surface area contributed by atoms with E-state index < -0.39 is 0 Å². The highest BCUT2D eigenvalue weighted by molar-refractivity contribution is 5.33. The molecule has 0 radical (unpaired) electrons. The Morgan fingerprint density at radius 2 is 2.13 bits per heavy atom. The number of hydrogen-bond donors (Lipinski definition) is 1. The van der Waals surface area contributed by atoms with E-state index in [9.17, 15) is 0 Å². The minimum Gasteiger partial charge on any atom is -0.310 e. The van der Waals surface area contributed by atoms with E-state index in [1.807, 2.05) is 6.08 Å². The van der Waals surface area contributed by atoms with Gasteiger partial charge in [0.15, 0.2) is 0 Å². The summed E-state index contributed by atoms with van der Waals surface area (Å²) in [5.41, 5.74) is 4.08. The molecular weight excluding hydrogens is 182 g/mol. The number of nitrogens with one attached hydrogen (secondary N) is 1. The van der Waals surface area contributed by atoms with Gasteiger partial charge in [-0.1, -0.05) is 36.8 Å². The first-order valence-electron chi connectivity index (χ1n) is 5.60. The predicted octanol–water partition coefficient (Wildman–Crippen LogP) is 3.53. The van der Waals surface area contributed by atoms with Crippen LogP contribution in [-0.2, 0) is 0 Å². The Morgan fingerprint density at radius 1 is 1.40 bits per heavy atom. The van der Waals surface area contributed by atoms with E-state index in [2.05, 4.69) is 50.9 Å². The zero-order chi connectivity index (χ0) is 11.3. The molecule has 1 heteroatoms. The summed E-state index contributed by atoms with van der Waals surface area (Å²) < 4.78 is 0. The topological polar surface area (TPSA) is 12.0 Å². The lowest BCUT2D eigenvalue weighted by Gasteiger charge is -2.19. The first kappa shape index (κ1) is 12.0. The van der Waals surface area contributed by atoms with Crippen molar-refractivity contribution >= 4 is 0 Å². The molecule has 1 rings (SSSR count). The molecule has 0 aliphatic rings. The Labute approximate surface area is 93.2 Å². The molecule has 0 saturated carbocycles. The summed E-state index contributed by atoms with van der Waals surface area (Å²) in [6.45, 7) is 11.3. The second kappa shape index (κ2) is 5.72. The van der Waals surface area contributed by atoms with Crippen molar-refractivity contribution in [2.24, 2.45) is 0 Å². The lowest BCUT2D eigenvalue weighted by atomic mass is 9.97. The van der Waals surface area contributed by atoms with E-state index in [1.54, 1.807) is 0 Å². The van der Waals surface area contributed by atoms with E-state index in [0.29, 0.717) is 6.04 Å². The maximum Gasteiger partial charge on any atom is 0.0357 e. The molecule has 15 heavy (non-hydrogen) atoms. The SMILES string of the molecule is C=CCC(NCC)c1ccc(C)cc1C. The van der Waals surface area contributed by atoms with Gasteiger partial charge in [-0.25, -0.2) is 0 Å². The molecule has 1 atom stereocenters. The molecule has 82 valence electrons. The Morgan fingerprint density at radius 3 is 2.67 bits per heavy atom. The second-order valence-electron chi connectivity index (χ2n) is 3.99. The monoisotopic (exact) mass is 203 g/mol. The first-order chi connectivity index (χ1) is 7.19. The molecule has 0 bridgehead atoms. The van der Waals surface area contributed by atoms with Gasteiger partial charge in [0.2, 0.25) is 0 Å². The van der Waals surface area contributed by atoms with Crippen LogP contribution in [0.1, 0.15) is 36.1 Å². The van der Waals surface area contributed by atoms with Gasteiger partial charge in [-0.15, -0.1) is 6.58 Å². The molecule has 0 saturated heterocycles. The van der Waals surface area contributed by atoms with Crippen LogP contribution in [0.2, 0.25) is 0 Å². The fourth-order valence-corrected chi connectivity index (χ4v) is 1.95. The maximum absolute atomic E-state index is 3.82. The number of benzene rings is 1. The standard InChI is InChI=1S/C14H21N/c1-5-7-14(15-6-2)13-9-8-11(3)10-12(13)4/h5,8-10,14-15H,1,6-7H2,2-4H3. The average Bonchev–Trinajstić information content (AvgIpc) is 2.17.